The zero-order valence-corrected chi connectivity index (χ0v) is 13.5. The van der Waals surface area contributed by atoms with E-state index in [1.807, 2.05) is 13.8 Å². The van der Waals surface area contributed by atoms with Gasteiger partial charge in [-0.2, -0.15) is 0 Å². The van der Waals surface area contributed by atoms with Gasteiger partial charge in [-0.15, -0.1) is 0 Å². The summed E-state index contributed by atoms with van der Waals surface area (Å²) in [7, 11) is -3.17. The summed E-state index contributed by atoms with van der Waals surface area (Å²) in [6.07, 6.45) is 1.13. The van der Waals surface area contributed by atoms with Gasteiger partial charge in [0.15, 0.2) is 5.82 Å². The molecule has 1 aromatic heterocycles. The van der Waals surface area contributed by atoms with Crippen molar-refractivity contribution in [3.63, 3.8) is 0 Å². The number of nitrogens with one attached hydrogen (secondary N) is 3. The maximum absolute atomic E-state index is 11.0. The van der Waals surface area contributed by atoms with Gasteiger partial charge in [0, 0.05) is 32.3 Å². The predicted molar refractivity (Wildman–Crippen MR) is 82.9 cm³/mol. The number of aromatic nitrogens is 2. The van der Waals surface area contributed by atoms with E-state index in [-0.39, 0.29) is 0 Å². The summed E-state index contributed by atoms with van der Waals surface area (Å²) in [5.74, 6) is 1.92. The molecule has 0 unspecified atom stereocenters. The fraction of sp³-hybridized carbons (Fsp3) is 0.667. The number of hydrogen-bond donors (Lipinski definition) is 3. The Morgan fingerprint density at radius 1 is 1.14 bits per heavy atom. The van der Waals surface area contributed by atoms with Crippen molar-refractivity contribution in [2.45, 2.75) is 20.5 Å². The lowest BCUT2D eigenvalue weighted by molar-refractivity contribution is 0.128. The molecule has 0 bridgehead atoms. The summed E-state index contributed by atoms with van der Waals surface area (Å²) in [5.41, 5.74) is 0. The molecule has 0 amide bonds. The monoisotopic (exact) mass is 317 g/mol. The Labute approximate surface area is 125 Å². The molecule has 0 saturated carbocycles. The number of anilines is 2. The van der Waals surface area contributed by atoms with Crippen LogP contribution < -0.4 is 15.4 Å². The van der Waals surface area contributed by atoms with Crippen molar-refractivity contribution in [2.75, 3.05) is 43.1 Å². The van der Waals surface area contributed by atoms with Gasteiger partial charge in [0.1, 0.15) is 18.2 Å². The minimum Gasteiger partial charge on any atom is -0.374 e. The van der Waals surface area contributed by atoms with Gasteiger partial charge in [0.05, 0.1) is 6.26 Å². The van der Waals surface area contributed by atoms with Crippen molar-refractivity contribution in [1.29, 1.82) is 0 Å². The summed E-state index contributed by atoms with van der Waals surface area (Å²) in [4.78, 5) is 8.65. The minimum absolute atomic E-state index is 0.292. The van der Waals surface area contributed by atoms with Gasteiger partial charge in [0.25, 0.3) is 0 Å². The number of hydrogen-bond acceptors (Lipinski definition) is 7. The van der Waals surface area contributed by atoms with Crippen LogP contribution in [0.3, 0.4) is 0 Å². The van der Waals surface area contributed by atoms with Crippen LogP contribution in [0.15, 0.2) is 6.07 Å². The van der Waals surface area contributed by atoms with Crippen LogP contribution in [0.25, 0.3) is 0 Å². The Morgan fingerprint density at radius 2 is 1.81 bits per heavy atom. The van der Waals surface area contributed by atoms with Crippen LogP contribution in [-0.4, -0.2) is 50.9 Å². The van der Waals surface area contributed by atoms with Crippen molar-refractivity contribution in [2.24, 2.45) is 0 Å². The molecular weight excluding hydrogens is 294 g/mol. The van der Waals surface area contributed by atoms with Crippen LogP contribution in [0.4, 0.5) is 11.6 Å². The summed E-state index contributed by atoms with van der Waals surface area (Å²) in [6.45, 7) is 6.30. The van der Waals surface area contributed by atoms with Gasteiger partial charge in [-0.05, 0) is 13.8 Å². The van der Waals surface area contributed by atoms with Crippen LogP contribution >= 0.6 is 0 Å². The SMILES string of the molecule is CCNc1cc(NCCNS(C)(=O)=O)nc(COCC)n1. The first-order valence-corrected chi connectivity index (χ1v) is 8.71. The second-order valence-corrected chi connectivity index (χ2v) is 6.15. The molecule has 0 fully saturated rings. The van der Waals surface area contributed by atoms with E-state index >= 15 is 0 Å². The molecular formula is C12H23N5O3S. The minimum atomic E-state index is -3.17. The lowest BCUT2D eigenvalue weighted by Gasteiger charge is -2.11. The number of ether oxygens (including phenoxy) is 1. The molecule has 0 atom stereocenters. The van der Waals surface area contributed by atoms with Crippen LogP contribution in [0.2, 0.25) is 0 Å². The molecule has 3 N–H and O–H groups in total. The molecule has 21 heavy (non-hydrogen) atoms. The Hall–Kier alpha value is -1.45. The molecule has 0 aliphatic carbocycles. The van der Waals surface area contributed by atoms with Gasteiger partial charge >= 0.3 is 0 Å². The fourth-order valence-corrected chi connectivity index (χ4v) is 2.02. The third kappa shape index (κ3) is 7.78. The van der Waals surface area contributed by atoms with Crippen LogP contribution in [0.5, 0.6) is 0 Å². The zero-order valence-electron chi connectivity index (χ0n) is 12.6. The van der Waals surface area contributed by atoms with Crippen molar-refractivity contribution in [1.82, 2.24) is 14.7 Å². The summed E-state index contributed by atoms with van der Waals surface area (Å²) in [5, 5.41) is 6.18. The molecule has 120 valence electrons. The van der Waals surface area contributed by atoms with E-state index in [0.29, 0.717) is 43.8 Å². The molecule has 0 aliphatic heterocycles. The van der Waals surface area contributed by atoms with Crippen LogP contribution in [0, 0.1) is 0 Å². The van der Waals surface area contributed by atoms with Crippen molar-refractivity contribution in [3.05, 3.63) is 11.9 Å². The van der Waals surface area contributed by atoms with Gasteiger partial charge in [-0.25, -0.2) is 23.1 Å². The first-order valence-electron chi connectivity index (χ1n) is 6.82. The average molecular weight is 317 g/mol. The highest BCUT2D eigenvalue weighted by Crippen LogP contribution is 2.11. The van der Waals surface area contributed by atoms with Crippen LogP contribution in [0.1, 0.15) is 19.7 Å². The van der Waals surface area contributed by atoms with E-state index < -0.39 is 10.0 Å². The normalized spacial score (nSPS) is 11.4. The molecule has 9 heteroatoms. The van der Waals surface area contributed by atoms with Gasteiger partial charge in [-0.3, -0.25) is 0 Å². The lowest BCUT2D eigenvalue weighted by atomic mass is 10.4. The topological polar surface area (TPSA) is 105 Å². The standard InChI is InChI=1S/C12H23N5O3S/c1-4-13-10-8-11(14-6-7-15-21(3,18)19)17-12(16-10)9-20-5-2/h8,15H,4-7,9H2,1-3H3,(H2,13,14,16,17). The number of nitrogens with zero attached hydrogens (tertiary/aromatic N) is 2. The van der Waals surface area contributed by atoms with E-state index in [1.165, 1.54) is 0 Å². The largest absolute Gasteiger partial charge is 0.374 e. The molecule has 0 saturated heterocycles. The quantitative estimate of drug-likeness (QED) is 0.537. The average Bonchev–Trinajstić information content (AvgIpc) is 2.41. The molecule has 1 aromatic rings. The number of sulfonamides is 1. The Balaban J connectivity index is 2.64. The second-order valence-electron chi connectivity index (χ2n) is 4.32. The van der Waals surface area contributed by atoms with Gasteiger partial charge in [-0.1, -0.05) is 0 Å². The smallest absolute Gasteiger partial charge is 0.208 e. The maximum atomic E-state index is 11.0. The number of rotatable bonds is 10. The first-order chi connectivity index (χ1) is 9.94. The molecule has 0 spiro atoms. The molecule has 1 heterocycles. The van der Waals surface area contributed by atoms with Crippen LogP contribution in [-0.2, 0) is 21.4 Å². The van der Waals surface area contributed by atoms with E-state index in [1.54, 1.807) is 6.07 Å². The van der Waals surface area contributed by atoms with Gasteiger partial charge < -0.3 is 15.4 Å². The molecule has 1 rings (SSSR count). The summed E-state index contributed by atoms with van der Waals surface area (Å²) >= 11 is 0. The Bertz CT molecular complexity index is 536. The lowest BCUT2D eigenvalue weighted by Crippen LogP contribution is -2.27. The maximum Gasteiger partial charge on any atom is 0.208 e. The second kappa shape index (κ2) is 8.75. The van der Waals surface area contributed by atoms with E-state index in [0.717, 1.165) is 12.8 Å². The Kier molecular flexibility index (Phi) is 7.34. The van der Waals surface area contributed by atoms with Crippen molar-refractivity contribution in [3.8, 4) is 0 Å². The zero-order chi connectivity index (χ0) is 15.7. The molecule has 0 radical (unpaired) electrons. The van der Waals surface area contributed by atoms with E-state index in [4.69, 9.17) is 4.74 Å². The van der Waals surface area contributed by atoms with Gasteiger partial charge in [0.2, 0.25) is 10.0 Å². The fourth-order valence-electron chi connectivity index (χ4n) is 1.54. The van der Waals surface area contributed by atoms with Crippen molar-refractivity contribution < 1.29 is 13.2 Å². The van der Waals surface area contributed by atoms with E-state index in [2.05, 4.69) is 25.3 Å². The summed E-state index contributed by atoms with van der Waals surface area (Å²) in [6, 6.07) is 1.78. The third-order valence-electron chi connectivity index (χ3n) is 2.36. The molecule has 0 aliphatic rings. The molecule has 0 aromatic carbocycles. The first kappa shape index (κ1) is 17.6. The predicted octanol–water partition coefficient (Wildman–Crippen LogP) is 0.406. The summed E-state index contributed by atoms with van der Waals surface area (Å²) < 4.78 is 29.6. The highest BCUT2D eigenvalue weighted by Gasteiger charge is 2.05. The third-order valence-corrected chi connectivity index (χ3v) is 3.09. The highest BCUT2D eigenvalue weighted by atomic mass is 32.2. The van der Waals surface area contributed by atoms with Crippen molar-refractivity contribution >= 4 is 21.7 Å². The Morgan fingerprint density at radius 3 is 2.38 bits per heavy atom. The highest BCUT2D eigenvalue weighted by molar-refractivity contribution is 7.88. The molecule has 8 nitrogen and oxygen atoms in total. The van der Waals surface area contributed by atoms with E-state index in [9.17, 15) is 8.42 Å².